The van der Waals surface area contributed by atoms with Crippen molar-refractivity contribution in [3.05, 3.63) is 64.5 Å². The third-order valence-corrected chi connectivity index (χ3v) is 4.80. The summed E-state index contributed by atoms with van der Waals surface area (Å²) in [5, 5.41) is 4.00. The summed E-state index contributed by atoms with van der Waals surface area (Å²) in [6, 6.07) is 15.4. The molecule has 6 nitrogen and oxygen atoms in total. The third kappa shape index (κ3) is 4.78. The minimum absolute atomic E-state index is 0.159. The lowest BCUT2D eigenvalue weighted by molar-refractivity contribution is -0.137. The quantitative estimate of drug-likeness (QED) is 0.537. The number of aryl methyl sites for hydroxylation is 1. The number of carbonyl (C=O) groups excluding carboxylic acids is 1. The van der Waals surface area contributed by atoms with Gasteiger partial charge in [-0.2, -0.15) is 4.98 Å². The lowest BCUT2D eigenvalue weighted by Crippen LogP contribution is -2.37. The number of para-hydroxylation sites is 1. The van der Waals surface area contributed by atoms with E-state index in [0.717, 1.165) is 27.8 Å². The highest BCUT2D eigenvalue weighted by atomic mass is 79.9. The van der Waals surface area contributed by atoms with Crippen molar-refractivity contribution in [2.45, 2.75) is 32.9 Å². The molecule has 3 aromatic rings. The number of amides is 1. The van der Waals surface area contributed by atoms with Gasteiger partial charge in [0.15, 0.2) is 6.10 Å². The number of nitrogens with zero attached hydrogens (tertiary/aromatic N) is 3. The SMILES string of the molecule is CCc1ccccc1O[C@H](C)C(=O)N(C)Cc1nc(-c2cccc(Br)c2)no1. The van der Waals surface area contributed by atoms with Gasteiger partial charge in [-0.05, 0) is 37.1 Å². The molecule has 0 fully saturated rings. The lowest BCUT2D eigenvalue weighted by Gasteiger charge is -2.21. The van der Waals surface area contributed by atoms with Crippen LogP contribution in [0.3, 0.4) is 0 Å². The molecule has 0 bridgehead atoms. The predicted octanol–water partition coefficient (Wildman–Crippen LogP) is 4.49. The van der Waals surface area contributed by atoms with Crippen LogP contribution in [0.15, 0.2) is 57.5 Å². The fourth-order valence-corrected chi connectivity index (χ4v) is 3.21. The first-order valence-electron chi connectivity index (χ1n) is 9.06. The van der Waals surface area contributed by atoms with Crippen LogP contribution in [0.4, 0.5) is 0 Å². The summed E-state index contributed by atoms with van der Waals surface area (Å²) in [5.41, 5.74) is 1.91. The van der Waals surface area contributed by atoms with Crippen LogP contribution in [-0.4, -0.2) is 34.1 Å². The van der Waals surface area contributed by atoms with Crippen molar-refractivity contribution in [3.63, 3.8) is 0 Å². The number of hydrogen-bond acceptors (Lipinski definition) is 5. The third-order valence-electron chi connectivity index (χ3n) is 4.30. The van der Waals surface area contributed by atoms with E-state index >= 15 is 0 Å². The molecule has 0 N–H and O–H groups in total. The van der Waals surface area contributed by atoms with E-state index < -0.39 is 6.10 Å². The highest BCUT2D eigenvalue weighted by Gasteiger charge is 2.22. The van der Waals surface area contributed by atoms with Crippen LogP contribution >= 0.6 is 15.9 Å². The van der Waals surface area contributed by atoms with Gasteiger partial charge in [-0.3, -0.25) is 4.79 Å². The van der Waals surface area contributed by atoms with E-state index in [1.165, 1.54) is 4.90 Å². The number of rotatable bonds is 7. The first-order chi connectivity index (χ1) is 13.5. The molecule has 1 atom stereocenters. The van der Waals surface area contributed by atoms with Crippen molar-refractivity contribution in [1.82, 2.24) is 15.0 Å². The summed E-state index contributed by atoms with van der Waals surface area (Å²) in [7, 11) is 1.69. The van der Waals surface area contributed by atoms with Crippen molar-refractivity contribution < 1.29 is 14.1 Å². The summed E-state index contributed by atoms with van der Waals surface area (Å²) in [4.78, 5) is 18.6. The second-order valence-electron chi connectivity index (χ2n) is 6.44. The Balaban J connectivity index is 1.64. The predicted molar refractivity (Wildman–Crippen MR) is 110 cm³/mol. The van der Waals surface area contributed by atoms with E-state index in [4.69, 9.17) is 9.26 Å². The number of halogens is 1. The Morgan fingerprint density at radius 1 is 1.25 bits per heavy atom. The van der Waals surface area contributed by atoms with Crippen LogP contribution in [-0.2, 0) is 17.8 Å². The number of carbonyl (C=O) groups is 1. The Labute approximate surface area is 172 Å². The van der Waals surface area contributed by atoms with Crippen molar-refractivity contribution in [1.29, 1.82) is 0 Å². The number of benzene rings is 2. The molecule has 2 aromatic carbocycles. The van der Waals surface area contributed by atoms with Gasteiger partial charge in [-0.1, -0.05) is 58.3 Å². The fourth-order valence-electron chi connectivity index (χ4n) is 2.81. The Hall–Kier alpha value is -2.67. The second-order valence-corrected chi connectivity index (χ2v) is 7.35. The van der Waals surface area contributed by atoms with Crippen molar-refractivity contribution in [2.75, 3.05) is 7.05 Å². The van der Waals surface area contributed by atoms with Gasteiger partial charge in [0, 0.05) is 17.1 Å². The van der Waals surface area contributed by atoms with E-state index in [2.05, 4.69) is 33.0 Å². The van der Waals surface area contributed by atoms with Gasteiger partial charge in [0.1, 0.15) is 5.75 Å². The molecule has 0 unspecified atom stereocenters. The lowest BCUT2D eigenvalue weighted by atomic mass is 10.1. The van der Waals surface area contributed by atoms with E-state index in [9.17, 15) is 4.79 Å². The van der Waals surface area contributed by atoms with Crippen molar-refractivity contribution >= 4 is 21.8 Å². The average Bonchev–Trinajstić information content (AvgIpc) is 3.16. The van der Waals surface area contributed by atoms with Gasteiger partial charge in [-0.15, -0.1) is 0 Å². The largest absolute Gasteiger partial charge is 0.481 e. The van der Waals surface area contributed by atoms with Gasteiger partial charge >= 0.3 is 0 Å². The second kappa shape index (κ2) is 9.01. The van der Waals surface area contributed by atoms with Crippen LogP contribution in [0, 0.1) is 0 Å². The zero-order valence-electron chi connectivity index (χ0n) is 16.1. The Morgan fingerprint density at radius 3 is 2.79 bits per heavy atom. The van der Waals surface area contributed by atoms with Crippen LogP contribution in [0.1, 0.15) is 25.3 Å². The summed E-state index contributed by atoms with van der Waals surface area (Å²) >= 11 is 3.43. The average molecular weight is 444 g/mol. The van der Waals surface area contributed by atoms with E-state index in [1.54, 1.807) is 14.0 Å². The van der Waals surface area contributed by atoms with Crippen LogP contribution in [0.2, 0.25) is 0 Å². The molecule has 1 heterocycles. The summed E-state index contributed by atoms with van der Waals surface area (Å²) < 4.78 is 12.1. The highest BCUT2D eigenvalue weighted by Crippen LogP contribution is 2.22. The number of aromatic nitrogens is 2. The zero-order chi connectivity index (χ0) is 20.1. The molecule has 0 saturated carbocycles. The van der Waals surface area contributed by atoms with Gasteiger partial charge in [-0.25, -0.2) is 0 Å². The monoisotopic (exact) mass is 443 g/mol. The molecule has 7 heteroatoms. The smallest absolute Gasteiger partial charge is 0.263 e. The first kappa shape index (κ1) is 20.1. The maximum atomic E-state index is 12.7. The fraction of sp³-hybridized carbons (Fsp3) is 0.286. The molecule has 0 saturated heterocycles. The standard InChI is InChI=1S/C21H22BrN3O3/c1-4-15-8-5-6-11-18(15)27-14(2)21(26)25(3)13-19-23-20(24-28-19)16-9-7-10-17(22)12-16/h5-12,14H,4,13H2,1-3H3/t14-/m1/s1. The van der Waals surface area contributed by atoms with Crippen LogP contribution in [0.25, 0.3) is 11.4 Å². The molecule has 0 aliphatic rings. The number of likely N-dealkylation sites (N-methyl/N-ethyl adjacent to an activating group) is 1. The highest BCUT2D eigenvalue weighted by molar-refractivity contribution is 9.10. The molecule has 0 radical (unpaired) electrons. The van der Waals surface area contributed by atoms with Crippen LogP contribution < -0.4 is 4.74 Å². The summed E-state index contributed by atoms with van der Waals surface area (Å²) in [6.07, 6.45) is 0.220. The molecule has 0 aliphatic carbocycles. The van der Waals surface area contributed by atoms with Gasteiger partial charge < -0.3 is 14.2 Å². The molecule has 28 heavy (non-hydrogen) atoms. The van der Waals surface area contributed by atoms with Gasteiger partial charge in [0.25, 0.3) is 5.91 Å². The molecular weight excluding hydrogens is 422 g/mol. The maximum absolute atomic E-state index is 12.7. The molecule has 0 spiro atoms. The molecule has 3 rings (SSSR count). The van der Waals surface area contributed by atoms with E-state index in [0.29, 0.717) is 11.7 Å². The van der Waals surface area contributed by atoms with Gasteiger partial charge in [0.2, 0.25) is 11.7 Å². The zero-order valence-corrected chi connectivity index (χ0v) is 17.6. The first-order valence-corrected chi connectivity index (χ1v) is 9.85. The molecule has 1 aromatic heterocycles. The van der Waals surface area contributed by atoms with Gasteiger partial charge in [0.05, 0.1) is 6.54 Å². The minimum atomic E-state index is -0.620. The number of ether oxygens (including phenoxy) is 1. The molecular formula is C21H22BrN3O3. The number of hydrogen-bond donors (Lipinski definition) is 0. The maximum Gasteiger partial charge on any atom is 0.263 e. The van der Waals surface area contributed by atoms with E-state index in [1.807, 2.05) is 48.5 Å². The molecule has 1 amide bonds. The van der Waals surface area contributed by atoms with E-state index in [-0.39, 0.29) is 12.5 Å². The minimum Gasteiger partial charge on any atom is -0.481 e. The Morgan fingerprint density at radius 2 is 2.04 bits per heavy atom. The summed E-state index contributed by atoms with van der Waals surface area (Å²) in [5.74, 6) is 1.42. The van der Waals surface area contributed by atoms with Crippen molar-refractivity contribution in [2.24, 2.45) is 0 Å². The molecule has 0 aliphatic heterocycles. The van der Waals surface area contributed by atoms with Crippen molar-refractivity contribution in [3.8, 4) is 17.1 Å². The topological polar surface area (TPSA) is 68.5 Å². The molecule has 146 valence electrons. The van der Waals surface area contributed by atoms with Crippen LogP contribution in [0.5, 0.6) is 5.75 Å². The Kier molecular flexibility index (Phi) is 6.46. The Bertz CT molecular complexity index is 957. The normalized spacial score (nSPS) is 11.9. The summed E-state index contributed by atoms with van der Waals surface area (Å²) in [6.45, 7) is 4.01.